The number of amides is 1. The number of anilines is 1. The fourth-order valence-corrected chi connectivity index (χ4v) is 4.68. The summed E-state index contributed by atoms with van der Waals surface area (Å²) in [6.07, 6.45) is 7.84. The van der Waals surface area contributed by atoms with Crippen molar-refractivity contribution in [3.8, 4) is 22.8 Å². The van der Waals surface area contributed by atoms with E-state index < -0.39 is 11.9 Å². The molecule has 8 nitrogen and oxygen atoms in total. The van der Waals surface area contributed by atoms with Crippen LogP contribution < -0.4 is 9.64 Å². The Bertz CT molecular complexity index is 1170. The Labute approximate surface area is 197 Å². The molecule has 0 N–H and O–H groups in total. The van der Waals surface area contributed by atoms with Gasteiger partial charge in [-0.3, -0.25) is 9.58 Å². The molecule has 0 saturated carbocycles. The minimum atomic E-state index is -0.439. The van der Waals surface area contributed by atoms with Gasteiger partial charge in [-0.25, -0.2) is 14.2 Å². The molecule has 34 heavy (non-hydrogen) atoms. The number of nitrogens with zero attached hydrogens (tertiary/aromatic N) is 4. The number of ether oxygens (including phenoxy) is 3. The van der Waals surface area contributed by atoms with Gasteiger partial charge in [-0.2, -0.15) is 5.10 Å². The van der Waals surface area contributed by atoms with Crippen LogP contribution in [0.25, 0.3) is 11.1 Å². The smallest absolute Gasteiger partial charge is 0.414 e. The first-order chi connectivity index (χ1) is 16.5. The van der Waals surface area contributed by atoms with Crippen LogP contribution in [0.4, 0.5) is 14.9 Å². The Hall–Kier alpha value is -3.46. The molecule has 1 atom stereocenters. The molecule has 4 heterocycles. The number of hydrogen-bond acceptors (Lipinski definition) is 6. The van der Waals surface area contributed by atoms with Crippen molar-refractivity contribution in [2.24, 2.45) is 0 Å². The van der Waals surface area contributed by atoms with E-state index in [-0.39, 0.29) is 11.9 Å². The minimum absolute atomic E-state index is 0.0149. The Morgan fingerprint density at radius 3 is 2.71 bits per heavy atom. The van der Waals surface area contributed by atoms with E-state index in [1.807, 2.05) is 36.1 Å². The van der Waals surface area contributed by atoms with Crippen molar-refractivity contribution in [1.29, 1.82) is 0 Å². The molecule has 3 aromatic rings. The average molecular weight is 467 g/mol. The van der Waals surface area contributed by atoms with Crippen LogP contribution in [0.15, 0.2) is 42.9 Å². The minimum Gasteiger partial charge on any atom is -0.452 e. The van der Waals surface area contributed by atoms with Gasteiger partial charge in [-0.15, -0.1) is 0 Å². The number of carbonyl (C=O) groups is 1. The Balaban J connectivity index is 1.59. The molecule has 0 radical (unpaired) electrons. The van der Waals surface area contributed by atoms with Crippen molar-refractivity contribution in [2.45, 2.75) is 44.7 Å². The number of benzene rings is 1. The summed E-state index contributed by atoms with van der Waals surface area (Å²) in [5, 5.41) is 4.61. The van der Waals surface area contributed by atoms with Crippen molar-refractivity contribution in [3.05, 3.63) is 54.2 Å². The predicted octanol–water partition coefficient (Wildman–Crippen LogP) is 5.14. The van der Waals surface area contributed by atoms with Crippen molar-refractivity contribution in [3.63, 3.8) is 0 Å². The maximum Gasteiger partial charge on any atom is 0.414 e. The van der Waals surface area contributed by atoms with Crippen molar-refractivity contribution >= 4 is 11.8 Å². The average Bonchev–Trinajstić information content (AvgIpc) is 3.35. The molecule has 5 rings (SSSR count). The van der Waals surface area contributed by atoms with Crippen molar-refractivity contribution in [2.75, 3.05) is 25.2 Å². The number of rotatable bonds is 4. The van der Waals surface area contributed by atoms with Gasteiger partial charge in [-0.05, 0) is 50.8 Å². The maximum absolute atomic E-state index is 13.4. The van der Waals surface area contributed by atoms with Gasteiger partial charge < -0.3 is 14.2 Å². The van der Waals surface area contributed by atoms with Gasteiger partial charge in [0.05, 0.1) is 31.2 Å². The topological polar surface area (TPSA) is 78.7 Å². The summed E-state index contributed by atoms with van der Waals surface area (Å²) < 4.78 is 32.2. The van der Waals surface area contributed by atoms with Crippen LogP contribution in [0.5, 0.6) is 11.6 Å². The molecular formula is C25H27FN4O4. The van der Waals surface area contributed by atoms with Crippen LogP contribution >= 0.6 is 0 Å². The highest BCUT2D eigenvalue weighted by Gasteiger charge is 2.32. The zero-order valence-electron chi connectivity index (χ0n) is 19.2. The van der Waals surface area contributed by atoms with E-state index in [9.17, 15) is 9.18 Å². The zero-order chi connectivity index (χ0) is 23.7. The van der Waals surface area contributed by atoms with Crippen LogP contribution in [0.2, 0.25) is 0 Å². The summed E-state index contributed by atoms with van der Waals surface area (Å²) in [5.41, 5.74) is 3.35. The summed E-state index contributed by atoms with van der Waals surface area (Å²) in [4.78, 5) is 18.3. The molecule has 2 aliphatic heterocycles. The van der Waals surface area contributed by atoms with Gasteiger partial charge in [-0.1, -0.05) is 0 Å². The normalized spacial score (nSPS) is 18.4. The van der Waals surface area contributed by atoms with Crippen LogP contribution in [-0.2, 0) is 15.9 Å². The third-order valence-electron chi connectivity index (χ3n) is 6.50. The second-order valence-electron chi connectivity index (χ2n) is 8.64. The maximum atomic E-state index is 13.4. The summed E-state index contributed by atoms with van der Waals surface area (Å²) >= 11 is 0. The largest absolute Gasteiger partial charge is 0.452 e. The third kappa shape index (κ3) is 4.23. The fraction of sp³-hybridized carbons (Fsp3) is 0.400. The zero-order valence-corrected chi connectivity index (χ0v) is 19.2. The molecule has 178 valence electrons. The van der Waals surface area contributed by atoms with E-state index in [0.29, 0.717) is 18.2 Å². The first kappa shape index (κ1) is 22.3. The summed E-state index contributed by atoms with van der Waals surface area (Å²) in [7, 11) is 1.38. The summed E-state index contributed by atoms with van der Waals surface area (Å²) in [6.45, 7) is 3.45. The molecule has 0 aliphatic carbocycles. The molecule has 9 heteroatoms. The lowest BCUT2D eigenvalue weighted by molar-refractivity contribution is 0.0662. The lowest BCUT2D eigenvalue weighted by Gasteiger charge is -2.35. The van der Waals surface area contributed by atoms with Gasteiger partial charge in [0.1, 0.15) is 11.6 Å². The van der Waals surface area contributed by atoms with E-state index in [1.165, 1.54) is 19.2 Å². The van der Waals surface area contributed by atoms with Crippen LogP contribution in [-0.4, -0.2) is 47.2 Å². The van der Waals surface area contributed by atoms with E-state index >= 15 is 0 Å². The third-order valence-corrected chi connectivity index (χ3v) is 6.50. The van der Waals surface area contributed by atoms with Crippen LogP contribution in [0.1, 0.15) is 37.8 Å². The standard InChI is InChI=1S/C25H27FN4O4/c1-16-3-5-21-22(30(16)25(31)32-2)7-6-20(24(21)34-23-8-4-18(26)14-27-23)17-13-28-29(15-17)19-9-11-33-12-10-19/h4,6-8,13-16,19H,3,5,9-12H2,1-2H3/t16-/m0/s1. The highest BCUT2D eigenvalue weighted by atomic mass is 19.1. The first-order valence-corrected chi connectivity index (χ1v) is 11.5. The van der Waals surface area contributed by atoms with E-state index in [1.54, 1.807) is 4.90 Å². The van der Waals surface area contributed by atoms with Crippen molar-refractivity contribution in [1.82, 2.24) is 14.8 Å². The fourth-order valence-electron chi connectivity index (χ4n) is 4.68. The molecule has 2 aromatic heterocycles. The van der Waals surface area contributed by atoms with Gasteiger partial charge in [0, 0.05) is 48.2 Å². The van der Waals surface area contributed by atoms with E-state index in [2.05, 4.69) is 10.1 Å². The number of aromatic nitrogens is 3. The van der Waals surface area contributed by atoms with Gasteiger partial charge in [0.2, 0.25) is 5.88 Å². The summed E-state index contributed by atoms with van der Waals surface area (Å²) in [6, 6.07) is 6.93. The van der Waals surface area contributed by atoms with Gasteiger partial charge in [0.15, 0.2) is 0 Å². The molecule has 2 aliphatic rings. The Morgan fingerprint density at radius 1 is 1.15 bits per heavy atom. The number of carbonyl (C=O) groups excluding carboxylic acids is 1. The molecule has 1 saturated heterocycles. The quantitative estimate of drug-likeness (QED) is 0.530. The molecule has 0 bridgehead atoms. The molecule has 1 aromatic carbocycles. The molecule has 1 amide bonds. The Morgan fingerprint density at radius 2 is 1.97 bits per heavy atom. The summed E-state index contributed by atoms with van der Waals surface area (Å²) in [5.74, 6) is 0.422. The second kappa shape index (κ2) is 9.42. The molecule has 0 spiro atoms. The van der Waals surface area contributed by atoms with Gasteiger partial charge in [0.25, 0.3) is 0 Å². The van der Waals surface area contributed by atoms with Crippen LogP contribution in [0.3, 0.4) is 0 Å². The van der Waals surface area contributed by atoms with Crippen LogP contribution in [0, 0.1) is 5.82 Å². The highest BCUT2D eigenvalue weighted by molar-refractivity contribution is 5.92. The van der Waals surface area contributed by atoms with Crippen molar-refractivity contribution < 1.29 is 23.4 Å². The molecule has 0 unspecified atom stereocenters. The lowest BCUT2D eigenvalue weighted by atomic mass is 9.92. The van der Waals surface area contributed by atoms with E-state index in [4.69, 9.17) is 14.2 Å². The molecule has 1 fully saturated rings. The number of halogens is 1. The first-order valence-electron chi connectivity index (χ1n) is 11.5. The van der Waals surface area contributed by atoms with E-state index in [0.717, 1.165) is 61.1 Å². The second-order valence-corrected chi connectivity index (χ2v) is 8.64. The Kier molecular flexibility index (Phi) is 6.19. The number of pyridine rings is 1. The molecular weight excluding hydrogens is 439 g/mol. The highest BCUT2D eigenvalue weighted by Crippen LogP contribution is 2.44. The number of methoxy groups -OCH3 is 1. The number of hydrogen-bond donors (Lipinski definition) is 0. The SMILES string of the molecule is COC(=O)N1c2ccc(-c3cnn(C4CCOCC4)c3)c(Oc3ccc(F)cn3)c2CC[C@@H]1C. The van der Waals surface area contributed by atoms with Gasteiger partial charge >= 0.3 is 6.09 Å². The lowest BCUT2D eigenvalue weighted by Crippen LogP contribution is -2.42. The number of fused-ring (bicyclic) bond motifs is 1. The monoisotopic (exact) mass is 466 g/mol. The predicted molar refractivity (Wildman–Crippen MR) is 124 cm³/mol.